The van der Waals surface area contributed by atoms with Crippen LogP contribution in [0.3, 0.4) is 0 Å². The number of nitriles is 1. The van der Waals surface area contributed by atoms with Crippen LogP contribution in [0, 0.1) is 17.1 Å². The van der Waals surface area contributed by atoms with Gasteiger partial charge >= 0.3 is 5.97 Å². The highest BCUT2D eigenvalue weighted by Crippen LogP contribution is 2.30. The van der Waals surface area contributed by atoms with Gasteiger partial charge in [-0.1, -0.05) is 6.07 Å². The SMILES string of the molecule is CCOc1cc(/C=C(/C#N)C(=O)Nc2nc(S(=O)(=O)C(C)C)ns2)ccc1OC(=O)c1ccc(F)cc1. The Hall–Kier alpha value is -4.15. The molecule has 10 nitrogen and oxygen atoms in total. The summed E-state index contributed by atoms with van der Waals surface area (Å²) in [7, 11) is -3.72. The van der Waals surface area contributed by atoms with E-state index in [0.717, 1.165) is 12.1 Å². The van der Waals surface area contributed by atoms with Gasteiger partial charge in [-0.25, -0.2) is 17.6 Å². The number of halogens is 1. The second-order valence-corrected chi connectivity index (χ2v) is 10.8. The van der Waals surface area contributed by atoms with Gasteiger partial charge in [0.25, 0.3) is 11.1 Å². The van der Waals surface area contributed by atoms with Crippen molar-refractivity contribution in [2.24, 2.45) is 0 Å². The molecule has 0 fully saturated rings. The summed E-state index contributed by atoms with van der Waals surface area (Å²) in [5.74, 6) is -1.78. The van der Waals surface area contributed by atoms with E-state index in [1.807, 2.05) is 0 Å². The van der Waals surface area contributed by atoms with Crippen LogP contribution in [0.25, 0.3) is 6.08 Å². The van der Waals surface area contributed by atoms with Gasteiger partial charge in [0.1, 0.15) is 17.5 Å². The molecule has 0 radical (unpaired) electrons. The quantitative estimate of drug-likeness (QED) is 0.182. The summed E-state index contributed by atoms with van der Waals surface area (Å²) < 4.78 is 52.2. The van der Waals surface area contributed by atoms with Gasteiger partial charge in [0, 0.05) is 11.5 Å². The molecule has 0 spiro atoms. The number of nitrogens with zero attached hydrogens (tertiary/aromatic N) is 3. The molecule has 1 amide bonds. The number of benzene rings is 2. The van der Waals surface area contributed by atoms with Crippen molar-refractivity contribution in [1.82, 2.24) is 9.36 Å². The lowest BCUT2D eigenvalue weighted by Gasteiger charge is -2.11. The zero-order valence-electron chi connectivity index (χ0n) is 19.9. The van der Waals surface area contributed by atoms with E-state index in [-0.39, 0.29) is 34.4 Å². The Morgan fingerprint density at radius 1 is 1.19 bits per heavy atom. The van der Waals surface area contributed by atoms with Crippen LogP contribution < -0.4 is 14.8 Å². The first-order valence-corrected chi connectivity index (χ1v) is 13.1. The largest absolute Gasteiger partial charge is 0.490 e. The number of hydrogen-bond donors (Lipinski definition) is 1. The Morgan fingerprint density at radius 2 is 1.89 bits per heavy atom. The molecule has 0 bridgehead atoms. The zero-order chi connectivity index (χ0) is 27.2. The van der Waals surface area contributed by atoms with Gasteiger partial charge in [-0.2, -0.15) is 14.6 Å². The van der Waals surface area contributed by atoms with E-state index in [2.05, 4.69) is 14.7 Å². The van der Waals surface area contributed by atoms with Gasteiger partial charge in [0.2, 0.25) is 15.0 Å². The lowest BCUT2D eigenvalue weighted by Crippen LogP contribution is -2.16. The number of carbonyl (C=O) groups is 2. The molecule has 1 aromatic heterocycles. The lowest BCUT2D eigenvalue weighted by molar-refractivity contribution is -0.112. The molecule has 1 N–H and O–H groups in total. The third kappa shape index (κ3) is 6.75. The lowest BCUT2D eigenvalue weighted by atomic mass is 10.1. The maximum Gasteiger partial charge on any atom is 0.343 e. The minimum Gasteiger partial charge on any atom is -0.490 e. The van der Waals surface area contributed by atoms with Crippen molar-refractivity contribution in [1.29, 1.82) is 5.26 Å². The van der Waals surface area contributed by atoms with Crippen LogP contribution in [0.15, 0.2) is 53.2 Å². The Kier molecular flexibility index (Phi) is 8.69. The maximum atomic E-state index is 13.1. The number of esters is 1. The van der Waals surface area contributed by atoms with Crippen LogP contribution in [0.2, 0.25) is 0 Å². The van der Waals surface area contributed by atoms with Gasteiger partial charge in [-0.05, 0) is 68.8 Å². The number of ether oxygens (including phenoxy) is 2. The molecule has 37 heavy (non-hydrogen) atoms. The standard InChI is InChI=1S/C24H21FN4O6S2/c1-4-34-20-12-15(5-10-19(20)35-22(31)16-6-8-18(25)9-7-16)11-17(13-26)21(30)27-23-28-24(29-36-23)37(32,33)14(2)3/h5-12,14H,4H2,1-3H3,(H,27,28,29,30)/b17-11-. The van der Waals surface area contributed by atoms with Crippen molar-refractivity contribution >= 4 is 44.5 Å². The average molecular weight is 545 g/mol. The number of sulfone groups is 1. The van der Waals surface area contributed by atoms with E-state index >= 15 is 0 Å². The molecule has 3 aromatic rings. The highest BCUT2D eigenvalue weighted by molar-refractivity contribution is 7.91. The third-order valence-corrected chi connectivity index (χ3v) is 7.41. The van der Waals surface area contributed by atoms with Crippen LogP contribution in [0.4, 0.5) is 9.52 Å². The van der Waals surface area contributed by atoms with Crippen LogP contribution in [-0.4, -0.2) is 41.5 Å². The Morgan fingerprint density at radius 3 is 2.51 bits per heavy atom. The molecule has 0 saturated heterocycles. The fourth-order valence-corrected chi connectivity index (χ4v) is 4.48. The number of amides is 1. The number of hydrogen-bond acceptors (Lipinski definition) is 10. The van der Waals surface area contributed by atoms with E-state index in [1.54, 1.807) is 13.0 Å². The maximum absolute atomic E-state index is 13.1. The van der Waals surface area contributed by atoms with E-state index in [0.29, 0.717) is 17.1 Å². The van der Waals surface area contributed by atoms with Gasteiger partial charge in [0.05, 0.1) is 17.4 Å². The molecule has 0 atom stereocenters. The summed E-state index contributed by atoms with van der Waals surface area (Å²) in [5.41, 5.74) is 0.219. The van der Waals surface area contributed by atoms with Gasteiger partial charge in [-0.15, -0.1) is 0 Å². The summed E-state index contributed by atoms with van der Waals surface area (Å²) in [6.07, 6.45) is 1.27. The molecule has 13 heteroatoms. The second-order valence-electron chi connectivity index (χ2n) is 7.64. The van der Waals surface area contributed by atoms with E-state index in [9.17, 15) is 27.7 Å². The topological polar surface area (TPSA) is 148 Å². The van der Waals surface area contributed by atoms with Crippen molar-refractivity contribution in [2.75, 3.05) is 11.9 Å². The molecule has 0 saturated carbocycles. The van der Waals surface area contributed by atoms with Gasteiger partial charge < -0.3 is 9.47 Å². The monoisotopic (exact) mass is 544 g/mol. The first kappa shape index (κ1) is 27.4. The van der Waals surface area contributed by atoms with Gasteiger partial charge in [0.15, 0.2) is 11.5 Å². The van der Waals surface area contributed by atoms with Crippen LogP contribution >= 0.6 is 11.5 Å². The fraction of sp³-hybridized carbons (Fsp3) is 0.208. The van der Waals surface area contributed by atoms with Crippen LogP contribution in [0.5, 0.6) is 11.5 Å². The number of rotatable bonds is 9. The van der Waals surface area contributed by atoms with Crippen molar-refractivity contribution in [3.63, 3.8) is 0 Å². The second kappa shape index (κ2) is 11.7. The number of carbonyl (C=O) groups excluding carboxylic acids is 2. The van der Waals surface area contributed by atoms with Crippen molar-refractivity contribution < 1.29 is 31.9 Å². The number of nitrogens with one attached hydrogen (secondary N) is 1. The highest BCUT2D eigenvalue weighted by atomic mass is 32.2. The smallest absolute Gasteiger partial charge is 0.343 e. The Labute approximate surface area is 216 Å². The van der Waals surface area contributed by atoms with Crippen molar-refractivity contribution in [3.05, 3.63) is 65.0 Å². The summed E-state index contributed by atoms with van der Waals surface area (Å²) in [4.78, 5) is 28.8. The first-order chi connectivity index (χ1) is 17.5. The molecule has 0 aliphatic heterocycles. The first-order valence-electron chi connectivity index (χ1n) is 10.8. The summed E-state index contributed by atoms with van der Waals surface area (Å²) in [6, 6.07) is 11.0. The number of anilines is 1. The molecule has 0 aliphatic carbocycles. The molecule has 1 heterocycles. The summed E-state index contributed by atoms with van der Waals surface area (Å²) in [5, 5.41) is 10.6. The summed E-state index contributed by atoms with van der Waals surface area (Å²) >= 11 is 0.674. The molecule has 3 rings (SSSR count). The molecule has 0 unspecified atom stereocenters. The minimum absolute atomic E-state index is 0.0802. The fourth-order valence-electron chi connectivity index (χ4n) is 2.78. The highest BCUT2D eigenvalue weighted by Gasteiger charge is 2.25. The van der Waals surface area contributed by atoms with E-state index < -0.39 is 37.9 Å². The molecule has 192 valence electrons. The van der Waals surface area contributed by atoms with Crippen LogP contribution in [-0.2, 0) is 14.6 Å². The molecule has 2 aromatic carbocycles. The molecular weight excluding hydrogens is 523 g/mol. The average Bonchev–Trinajstić information content (AvgIpc) is 3.33. The van der Waals surface area contributed by atoms with Gasteiger partial charge in [-0.3, -0.25) is 10.1 Å². The van der Waals surface area contributed by atoms with Crippen molar-refractivity contribution in [3.8, 4) is 17.6 Å². The third-order valence-electron chi connectivity index (χ3n) is 4.73. The zero-order valence-corrected chi connectivity index (χ0v) is 21.5. The minimum atomic E-state index is -3.72. The predicted molar refractivity (Wildman–Crippen MR) is 133 cm³/mol. The Bertz CT molecular complexity index is 1490. The van der Waals surface area contributed by atoms with Crippen molar-refractivity contribution in [2.45, 2.75) is 31.2 Å². The molecular formula is C24H21FN4O6S2. The van der Waals surface area contributed by atoms with Crippen LogP contribution in [0.1, 0.15) is 36.7 Å². The molecule has 0 aliphatic rings. The number of aromatic nitrogens is 2. The Balaban J connectivity index is 1.80. The van der Waals surface area contributed by atoms with E-state index in [1.165, 1.54) is 50.3 Å². The normalized spacial score (nSPS) is 11.6. The summed E-state index contributed by atoms with van der Waals surface area (Å²) in [6.45, 7) is 4.92. The van der Waals surface area contributed by atoms with E-state index in [4.69, 9.17) is 9.47 Å². The predicted octanol–water partition coefficient (Wildman–Crippen LogP) is 4.02.